The highest BCUT2D eigenvalue weighted by atomic mass is 32.1. The van der Waals surface area contributed by atoms with E-state index < -0.39 is 0 Å². The fourth-order valence-corrected chi connectivity index (χ4v) is 3.55. The van der Waals surface area contributed by atoms with E-state index in [0.29, 0.717) is 0 Å². The van der Waals surface area contributed by atoms with E-state index in [1.165, 1.54) is 17.1 Å². The molecule has 0 aliphatic rings. The van der Waals surface area contributed by atoms with Crippen molar-refractivity contribution in [2.75, 3.05) is 5.32 Å². The van der Waals surface area contributed by atoms with Gasteiger partial charge in [-0.2, -0.15) is 0 Å². The second-order valence-corrected chi connectivity index (χ2v) is 6.12. The summed E-state index contributed by atoms with van der Waals surface area (Å²) in [5.74, 6) is -0.0750. The SMILES string of the molecule is CC(=O)Nc1cccc(-c2cn3c(n2)sc2ccccc23)c1. The molecule has 2 aromatic carbocycles. The Bertz CT molecular complexity index is 999. The van der Waals surface area contributed by atoms with Crippen molar-refractivity contribution in [3.63, 3.8) is 0 Å². The summed E-state index contributed by atoms with van der Waals surface area (Å²) in [6.45, 7) is 1.51. The molecular weight excluding hydrogens is 294 g/mol. The Morgan fingerprint density at radius 1 is 1.18 bits per heavy atom. The van der Waals surface area contributed by atoms with E-state index in [1.54, 1.807) is 11.3 Å². The number of para-hydroxylation sites is 1. The number of imidazole rings is 1. The second kappa shape index (κ2) is 4.96. The molecule has 0 spiro atoms. The maximum atomic E-state index is 11.2. The summed E-state index contributed by atoms with van der Waals surface area (Å²) in [6, 6.07) is 16.0. The molecule has 22 heavy (non-hydrogen) atoms. The maximum absolute atomic E-state index is 11.2. The number of anilines is 1. The highest BCUT2D eigenvalue weighted by Crippen LogP contribution is 2.29. The summed E-state index contributed by atoms with van der Waals surface area (Å²) in [4.78, 5) is 16.9. The van der Waals surface area contributed by atoms with Gasteiger partial charge in [0.15, 0.2) is 4.96 Å². The average molecular weight is 307 g/mol. The van der Waals surface area contributed by atoms with Gasteiger partial charge in [0.05, 0.1) is 15.9 Å². The van der Waals surface area contributed by atoms with Gasteiger partial charge in [0.1, 0.15) is 0 Å². The third-order valence-corrected chi connectivity index (χ3v) is 4.51. The van der Waals surface area contributed by atoms with Gasteiger partial charge in [-0.3, -0.25) is 9.20 Å². The summed E-state index contributed by atoms with van der Waals surface area (Å²) >= 11 is 1.67. The second-order valence-electron chi connectivity index (χ2n) is 5.11. The van der Waals surface area contributed by atoms with Crippen LogP contribution in [0.3, 0.4) is 0 Å². The third-order valence-electron chi connectivity index (χ3n) is 3.48. The number of aromatic nitrogens is 2. The van der Waals surface area contributed by atoms with Crippen molar-refractivity contribution in [3.8, 4) is 11.3 Å². The molecule has 4 aromatic rings. The van der Waals surface area contributed by atoms with Crippen LogP contribution in [-0.4, -0.2) is 15.3 Å². The number of hydrogen-bond acceptors (Lipinski definition) is 3. The Hall–Kier alpha value is -2.66. The van der Waals surface area contributed by atoms with E-state index in [9.17, 15) is 4.79 Å². The van der Waals surface area contributed by atoms with Crippen LogP contribution in [0.1, 0.15) is 6.92 Å². The van der Waals surface area contributed by atoms with Crippen LogP contribution < -0.4 is 5.32 Å². The van der Waals surface area contributed by atoms with Gasteiger partial charge in [0, 0.05) is 24.4 Å². The van der Waals surface area contributed by atoms with Crippen molar-refractivity contribution in [2.45, 2.75) is 6.92 Å². The Labute approximate surface area is 131 Å². The molecule has 0 saturated carbocycles. The van der Waals surface area contributed by atoms with Crippen LogP contribution in [0.4, 0.5) is 5.69 Å². The molecular formula is C17H13N3OS. The fourth-order valence-electron chi connectivity index (χ4n) is 2.55. The summed E-state index contributed by atoms with van der Waals surface area (Å²) in [6.07, 6.45) is 2.04. The number of rotatable bonds is 2. The lowest BCUT2D eigenvalue weighted by atomic mass is 10.1. The smallest absolute Gasteiger partial charge is 0.221 e. The molecule has 4 rings (SSSR count). The minimum Gasteiger partial charge on any atom is -0.326 e. The number of amides is 1. The zero-order chi connectivity index (χ0) is 15.1. The highest BCUT2D eigenvalue weighted by Gasteiger charge is 2.10. The van der Waals surface area contributed by atoms with Crippen LogP contribution in [0.15, 0.2) is 54.7 Å². The van der Waals surface area contributed by atoms with Crippen molar-refractivity contribution >= 4 is 38.1 Å². The molecule has 2 heterocycles. The van der Waals surface area contributed by atoms with Crippen LogP contribution in [0, 0.1) is 0 Å². The van der Waals surface area contributed by atoms with E-state index >= 15 is 0 Å². The number of carbonyl (C=O) groups is 1. The number of fused-ring (bicyclic) bond motifs is 3. The van der Waals surface area contributed by atoms with Crippen LogP contribution in [-0.2, 0) is 4.79 Å². The number of benzene rings is 2. The normalized spacial score (nSPS) is 11.1. The standard InChI is InChI=1S/C17H13N3OS/c1-11(21)18-13-6-4-5-12(9-13)14-10-20-15-7-2-3-8-16(15)22-17(20)19-14/h2-10H,1H3,(H,18,21). The molecule has 2 aromatic heterocycles. The molecule has 5 heteroatoms. The largest absolute Gasteiger partial charge is 0.326 e. The lowest BCUT2D eigenvalue weighted by molar-refractivity contribution is -0.114. The first-order chi connectivity index (χ1) is 10.7. The predicted octanol–water partition coefficient (Wildman–Crippen LogP) is 4.17. The molecule has 0 bridgehead atoms. The number of hydrogen-bond donors (Lipinski definition) is 1. The maximum Gasteiger partial charge on any atom is 0.221 e. The molecule has 0 aliphatic heterocycles. The molecule has 0 saturated heterocycles. The number of carbonyl (C=O) groups excluding carboxylic acids is 1. The van der Waals surface area contributed by atoms with Crippen molar-refractivity contribution in [1.82, 2.24) is 9.38 Å². The van der Waals surface area contributed by atoms with E-state index in [1.807, 2.05) is 42.6 Å². The first-order valence-corrected chi connectivity index (χ1v) is 7.77. The molecule has 0 aliphatic carbocycles. The summed E-state index contributed by atoms with van der Waals surface area (Å²) in [5, 5.41) is 2.80. The zero-order valence-corrected chi connectivity index (χ0v) is 12.7. The fraction of sp³-hybridized carbons (Fsp3) is 0.0588. The van der Waals surface area contributed by atoms with E-state index in [0.717, 1.165) is 21.9 Å². The minimum absolute atomic E-state index is 0.0750. The van der Waals surface area contributed by atoms with Gasteiger partial charge in [-0.1, -0.05) is 35.6 Å². The van der Waals surface area contributed by atoms with Crippen LogP contribution in [0.2, 0.25) is 0 Å². The Kier molecular flexibility index (Phi) is 2.94. The number of thiazole rings is 1. The monoisotopic (exact) mass is 307 g/mol. The molecule has 1 amide bonds. The van der Waals surface area contributed by atoms with Gasteiger partial charge in [0.2, 0.25) is 5.91 Å². The molecule has 108 valence electrons. The Morgan fingerprint density at radius 2 is 2.05 bits per heavy atom. The van der Waals surface area contributed by atoms with Crippen molar-refractivity contribution in [3.05, 3.63) is 54.7 Å². The first kappa shape index (κ1) is 13.0. The van der Waals surface area contributed by atoms with Gasteiger partial charge in [-0.05, 0) is 24.3 Å². The van der Waals surface area contributed by atoms with Crippen molar-refractivity contribution < 1.29 is 4.79 Å². The predicted molar refractivity (Wildman–Crippen MR) is 90.3 cm³/mol. The zero-order valence-electron chi connectivity index (χ0n) is 11.9. The Morgan fingerprint density at radius 3 is 2.91 bits per heavy atom. The van der Waals surface area contributed by atoms with Gasteiger partial charge in [-0.25, -0.2) is 4.98 Å². The van der Waals surface area contributed by atoms with Crippen LogP contribution in [0.25, 0.3) is 26.4 Å². The number of nitrogens with zero attached hydrogens (tertiary/aromatic N) is 2. The van der Waals surface area contributed by atoms with Gasteiger partial charge < -0.3 is 5.32 Å². The van der Waals surface area contributed by atoms with E-state index in [-0.39, 0.29) is 5.91 Å². The molecule has 0 unspecified atom stereocenters. The van der Waals surface area contributed by atoms with Crippen LogP contribution >= 0.6 is 11.3 Å². The Balaban J connectivity index is 1.82. The quantitative estimate of drug-likeness (QED) is 0.604. The van der Waals surface area contributed by atoms with Gasteiger partial charge in [0.25, 0.3) is 0 Å². The third kappa shape index (κ3) is 2.16. The topological polar surface area (TPSA) is 46.4 Å². The lowest BCUT2D eigenvalue weighted by Gasteiger charge is -2.03. The lowest BCUT2D eigenvalue weighted by Crippen LogP contribution is -2.05. The average Bonchev–Trinajstić information content (AvgIpc) is 3.04. The summed E-state index contributed by atoms with van der Waals surface area (Å²) < 4.78 is 3.34. The molecule has 4 nitrogen and oxygen atoms in total. The van der Waals surface area contributed by atoms with Crippen molar-refractivity contribution in [1.29, 1.82) is 0 Å². The van der Waals surface area contributed by atoms with E-state index in [4.69, 9.17) is 4.98 Å². The van der Waals surface area contributed by atoms with Gasteiger partial charge in [-0.15, -0.1) is 0 Å². The van der Waals surface area contributed by atoms with Crippen LogP contribution in [0.5, 0.6) is 0 Å². The van der Waals surface area contributed by atoms with Gasteiger partial charge >= 0.3 is 0 Å². The molecule has 0 fully saturated rings. The summed E-state index contributed by atoms with van der Waals surface area (Å²) in [5.41, 5.74) is 3.85. The summed E-state index contributed by atoms with van der Waals surface area (Å²) in [7, 11) is 0. The van der Waals surface area contributed by atoms with Crippen molar-refractivity contribution in [2.24, 2.45) is 0 Å². The number of nitrogens with one attached hydrogen (secondary N) is 1. The molecule has 1 N–H and O–H groups in total. The molecule has 0 atom stereocenters. The first-order valence-electron chi connectivity index (χ1n) is 6.95. The highest BCUT2D eigenvalue weighted by molar-refractivity contribution is 7.23. The molecule has 0 radical (unpaired) electrons. The van der Waals surface area contributed by atoms with E-state index in [2.05, 4.69) is 21.9 Å². The minimum atomic E-state index is -0.0750.